The first-order valence-corrected chi connectivity index (χ1v) is 12.8. The lowest BCUT2D eigenvalue weighted by molar-refractivity contribution is 0.467. The number of hydrogen-bond donors (Lipinski definition) is 0. The molecule has 0 N–H and O–H groups in total. The minimum absolute atomic E-state index is 0.827. The Hall–Kier alpha value is -4.95. The fourth-order valence-electron chi connectivity index (χ4n) is 4.58. The smallest absolute Gasteiger partial charge is 0.361 e. The third-order valence-corrected chi connectivity index (χ3v) is 6.69. The highest BCUT2D eigenvalue weighted by atomic mass is 16.5. The van der Waals surface area contributed by atoms with E-state index in [1.807, 2.05) is 72.8 Å². The van der Waals surface area contributed by atoms with E-state index in [2.05, 4.69) is 79.7 Å². The summed E-state index contributed by atoms with van der Waals surface area (Å²) in [5, 5.41) is 0. The third kappa shape index (κ3) is 4.98. The van der Waals surface area contributed by atoms with Crippen LogP contribution in [0.2, 0.25) is 0 Å². The number of benzene rings is 4. The van der Waals surface area contributed by atoms with Crippen molar-refractivity contribution >= 4 is 17.1 Å². The summed E-state index contributed by atoms with van der Waals surface area (Å²) in [4.78, 5) is 0. The molecule has 182 valence electrons. The molecule has 38 heavy (non-hydrogen) atoms. The summed E-state index contributed by atoms with van der Waals surface area (Å²) in [6, 6.07) is 45.3. The third-order valence-electron chi connectivity index (χ3n) is 6.69. The molecule has 1 aliphatic heterocycles. The van der Waals surface area contributed by atoms with Gasteiger partial charge in [0.25, 0.3) is 0 Å². The lowest BCUT2D eigenvalue weighted by atomic mass is 9.95. The zero-order valence-electron chi connectivity index (χ0n) is 21.2. The molecule has 0 amide bonds. The molecule has 0 unspecified atom stereocenters. The Labute approximate surface area is 223 Å². The van der Waals surface area contributed by atoms with E-state index in [4.69, 9.17) is 9.15 Å². The van der Waals surface area contributed by atoms with E-state index in [1.165, 1.54) is 0 Å². The molecule has 1 aliphatic rings. The van der Waals surface area contributed by atoms with Gasteiger partial charge in [0, 0.05) is 11.1 Å². The maximum Gasteiger partial charge on any atom is 0.361 e. The van der Waals surface area contributed by atoms with Crippen molar-refractivity contribution in [1.82, 2.24) is 0 Å². The first-order chi connectivity index (χ1) is 18.7. The van der Waals surface area contributed by atoms with Gasteiger partial charge < -0.3 is 4.74 Å². The molecule has 0 fully saturated rings. The highest BCUT2D eigenvalue weighted by Crippen LogP contribution is 2.37. The van der Waals surface area contributed by atoms with Crippen LogP contribution in [0.3, 0.4) is 0 Å². The normalized spacial score (nSPS) is 12.8. The molecule has 2 heteroatoms. The molecule has 2 heterocycles. The standard InChI is InChI=1S/C36H27O2/c1-26(31-22-33(27-14-6-2-7-15-27)37-34(23-31)28-16-8-3-9-17-28)32-24-35(29-18-10-4-11-19-29)38-36(25-32)30-20-12-5-13-21-30/h2-25H,1H3/q+1. The topological polar surface area (TPSA) is 20.5 Å². The van der Waals surface area contributed by atoms with Crippen LogP contribution in [0.5, 0.6) is 0 Å². The summed E-state index contributed by atoms with van der Waals surface area (Å²) < 4.78 is 12.9. The molecule has 1 aromatic heterocycles. The van der Waals surface area contributed by atoms with Crippen molar-refractivity contribution in [3.05, 3.63) is 168 Å². The summed E-state index contributed by atoms with van der Waals surface area (Å²) in [5.41, 5.74) is 7.49. The average Bonchev–Trinajstić information content (AvgIpc) is 3.02. The van der Waals surface area contributed by atoms with Crippen LogP contribution in [0.25, 0.3) is 39.7 Å². The Morgan fingerprint density at radius 3 is 1.26 bits per heavy atom. The molecule has 0 atom stereocenters. The SMILES string of the molecule is CC(=C1C=C(c2ccccc2)OC(c2ccccc2)=C1)c1cc(-c2ccccc2)[o+]c(-c2ccccc2)c1. The quantitative estimate of drug-likeness (QED) is 0.228. The van der Waals surface area contributed by atoms with Crippen molar-refractivity contribution in [2.24, 2.45) is 0 Å². The highest BCUT2D eigenvalue weighted by molar-refractivity contribution is 5.85. The first kappa shape index (κ1) is 23.4. The number of allylic oxidation sites excluding steroid dienone is 4. The Kier molecular flexibility index (Phi) is 6.53. The van der Waals surface area contributed by atoms with Crippen LogP contribution in [-0.2, 0) is 4.74 Å². The van der Waals surface area contributed by atoms with Gasteiger partial charge in [-0.1, -0.05) is 97.1 Å². The highest BCUT2D eigenvalue weighted by Gasteiger charge is 2.22. The van der Waals surface area contributed by atoms with E-state index in [0.29, 0.717) is 0 Å². The van der Waals surface area contributed by atoms with Crippen LogP contribution in [-0.4, -0.2) is 0 Å². The molecule has 0 saturated carbocycles. The predicted molar refractivity (Wildman–Crippen MR) is 157 cm³/mol. The van der Waals surface area contributed by atoms with Gasteiger partial charge in [-0.2, -0.15) is 0 Å². The molecule has 0 spiro atoms. The van der Waals surface area contributed by atoms with Crippen LogP contribution in [0.4, 0.5) is 0 Å². The summed E-state index contributed by atoms with van der Waals surface area (Å²) in [5.74, 6) is 3.31. The van der Waals surface area contributed by atoms with E-state index in [-0.39, 0.29) is 0 Å². The molecule has 0 bridgehead atoms. The molecular formula is C36H27O2+. The van der Waals surface area contributed by atoms with Crippen LogP contribution in [0, 0.1) is 0 Å². The second-order valence-electron chi connectivity index (χ2n) is 9.24. The van der Waals surface area contributed by atoms with Gasteiger partial charge in [-0.25, -0.2) is 4.42 Å². The van der Waals surface area contributed by atoms with E-state index >= 15 is 0 Å². The Balaban J connectivity index is 1.54. The summed E-state index contributed by atoms with van der Waals surface area (Å²) >= 11 is 0. The van der Waals surface area contributed by atoms with Gasteiger partial charge in [-0.15, -0.1) is 0 Å². The Morgan fingerprint density at radius 2 is 0.868 bits per heavy atom. The van der Waals surface area contributed by atoms with Gasteiger partial charge in [0.15, 0.2) is 0 Å². The van der Waals surface area contributed by atoms with Crippen molar-refractivity contribution in [3.8, 4) is 22.6 Å². The van der Waals surface area contributed by atoms with Crippen molar-refractivity contribution in [2.75, 3.05) is 0 Å². The van der Waals surface area contributed by atoms with Crippen molar-refractivity contribution in [2.45, 2.75) is 6.92 Å². The second-order valence-corrected chi connectivity index (χ2v) is 9.24. The first-order valence-electron chi connectivity index (χ1n) is 12.8. The molecule has 6 rings (SSSR count). The van der Waals surface area contributed by atoms with E-state index in [0.717, 1.165) is 62.0 Å². The minimum Gasteiger partial charge on any atom is -0.456 e. The molecule has 0 saturated heterocycles. The number of hydrogen-bond acceptors (Lipinski definition) is 1. The maximum atomic E-state index is 6.43. The van der Waals surface area contributed by atoms with Crippen LogP contribution < -0.4 is 0 Å². The Morgan fingerprint density at radius 1 is 0.500 bits per heavy atom. The van der Waals surface area contributed by atoms with Crippen molar-refractivity contribution in [1.29, 1.82) is 0 Å². The number of rotatable bonds is 5. The summed E-state index contributed by atoms with van der Waals surface area (Å²) in [7, 11) is 0. The van der Waals surface area contributed by atoms with Gasteiger partial charge in [0.2, 0.25) is 0 Å². The van der Waals surface area contributed by atoms with Gasteiger partial charge in [0.1, 0.15) is 11.5 Å². The lowest BCUT2D eigenvalue weighted by Gasteiger charge is -2.20. The van der Waals surface area contributed by atoms with Gasteiger partial charge in [-0.3, -0.25) is 0 Å². The zero-order valence-corrected chi connectivity index (χ0v) is 21.2. The molecule has 2 nitrogen and oxygen atoms in total. The predicted octanol–water partition coefficient (Wildman–Crippen LogP) is 9.78. The maximum absolute atomic E-state index is 6.43. The second kappa shape index (κ2) is 10.6. The van der Waals surface area contributed by atoms with Crippen LogP contribution >= 0.6 is 0 Å². The molecule has 4 aromatic carbocycles. The Bertz CT molecular complexity index is 1530. The monoisotopic (exact) mass is 491 g/mol. The average molecular weight is 492 g/mol. The fraction of sp³-hybridized carbons (Fsp3) is 0.0278. The van der Waals surface area contributed by atoms with E-state index < -0.39 is 0 Å². The van der Waals surface area contributed by atoms with E-state index in [9.17, 15) is 0 Å². The van der Waals surface area contributed by atoms with Crippen LogP contribution in [0.15, 0.2) is 156 Å². The minimum atomic E-state index is 0.827. The molecule has 0 aliphatic carbocycles. The van der Waals surface area contributed by atoms with E-state index in [1.54, 1.807) is 0 Å². The molecular weight excluding hydrogens is 464 g/mol. The van der Waals surface area contributed by atoms with Gasteiger partial charge in [0.05, 0.1) is 23.3 Å². The van der Waals surface area contributed by atoms with Crippen LogP contribution in [0.1, 0.15) is 23.6 Å². The summed E-state index contributed by atoms with van der Waals surface area (Å²) in [6.45, 7) is 2.16. The summed E-state index contributed by atoms with van der Waals surface area (Å²) in [6.07, 6.45) is 4.26. The zero-order chi connectivity index (χ0) is 25.7. The fourth-order valence-corrected chi connectivity index (χ4v) is 4.58. The van der Waals surface area contributed by atoms with Gasteiger partial charge >= 0.3 is 11.5 Å². The van der Waals surface area contributed by atoms with Gasteiger partial charge in [-0.05, 0) is 60.1 Å². The lowest BCUT2D eigenvalue weighted by Crippen LogP contribution is -2.01. The van der Waals surface area contributed by atoms with Crippen molar-refractivity contribution in [3.63, 3.8) is 0 Å². The molecule has 0 radical (unpaired) electrons. The molecule has 5 aromatic rings. The number of ether oxygens (including phenoxy) is 1. The van der Waals surface area contributed by atoms with Crippen molar-refractivity contribution < 1.29 is 9.15 Å². The largest absolute Gasteiger partial charge is 0.456 e.